The molecule has 0 spiro atoms. The van der Waals surface area contributed by atoms with E-state index in [2.05, 4.69) is 12.0 Å². The van der Waals surface area contributed by atoms with Crippen molar-refractivity contribution in [3.8, 4) is 0 Å². The largest absolute Gasteiger partial charge is 0.433 e. The molecule has 2 aliphatic rings. The Morgan fingerprint density at radius 1 is 1.27 bits per heavy atom. The van der Waals surface area contributed by atoms with Crippen molar-refractivity contribution in [2.75, 3.05) is 13.1 Å². The number of rotatable bonds is 6. The lowest BCUT2D eigenvalue weighted by molar-refractivity contribution is -0.152. The smallest absolute Gasteiger partial charge is 0.368 e. The maximum Gasteiger partial charge on any atom is 0.433 e. The molecule has 1 amide bonds. The van der Waals surface area contributed by atoms with Gasteiger partial charge in [-0.25, -0.2) is 0 Å². The van der Waals surface area contributed by atoms with Crippen LogP contribution in [0.3, 0.4) is 0 Å². The number of carbonyl (C=O) groups excluding carboxylic acids is 1. The van der Waals surface area contributed by atoms with Crippen LogP contribution >= 0.6 is 0 Å². The van der Waals surface area contributed by atoms with Crippen LogP contribution in [0, 0.1) is 10.8 Å². The second kappa shape index (κ2) is 8.15. The molecule has 2 N–H and O–H groups in total. The summed E-state index contributed by atoms with van der Waals surface area (Å²) in [5, 5.41) is 23.1. The van der Waals surface area contributed by atoms with Crippen LogP contribution in [-0.2, 0) is 6.18 Å². The Bertz CT molecular complexity index is 763. The van der Waals surface area contributed by atoms with Crippen molar-refractivity contribution in [3.05, 3.63) is 17.5 Å². The number of aliphatic hydroxyl groups is 2. The van der Waals surface area contributed by atoms with Gasteiger partial charge < -0.3 is 15.1 Å². The van der Waals surface area contributed by atoms with E-state index in [-0.39, 0.29) is 5.41 Å². The van der Waals surface area contributed by atoms with Crippen LogP contribution in [-0.4, -0.2) is 50.2 Å². The molecule has 0 aliphatic heterocycles. The van der Waals surface area contributed by atoms with E-state index in [1.54, 1.807) is 13.8 Å². The second-order valence-corrected chi connectivity index (χ2v) is 9.59. The average Bonchev–Trinajstić information content (AvgIpc) is 3.10. The molecule has 1 aromatic heterocycles. The lowest BCUT2D eigenvalue weighted by atomic mass is 9.70. The van der Waals surface area contributed by atoms with E-state index in [0.717, 1.165) is 30.1 Å². The van der Waals surface area contributed by atoms with Crippen molar-refractivity contribution in [1.29, 1.82) is 0 Å². The topological polar surface area (TPSA) is 78.6 Å². The third kappa shape index (κ3) is 4.37. The van der Waals surface area contributed by atoms with Gasteiger partial charge in [-0.1, -0.05) is 20.3 Å². The molecule has 170 valence electrons. The molecule has 0 aromatic carbocycles. The van der Waals surface area contributed by atoms with Crippen molar-refractivity contribution in [2.45, 2.75) is 84.2 Å². The number of hydrogen-bond donors (Lipinski definition) is 2. The van der Waals surface area contributed by atoms with E-state index in [9.17, 15) is 28.2 Å². The summed E-state index contributed by atoms with van der Waals surface area (Å²) < 4.78 is 43.0. The Kier molecular flexibility index (Phi) is 6.26. The summed E-state index contributed by atoms with van der Waals surface area (Å²) in [4.78, 5) is 14.6. The Morgan fingerprint density at radius 3 is 2.30 bits per heavy atom. The number of halogens is 3. The normalized spacial score (nSPS) is 26.5. The van der Waals surface area contributed by atoms with Gasteiger partial charge in [-0.2, -0.15) is 18.3 Å². The number of carbonyl (C=O) groups is 1. The maximum atomic E-state index is 14.0. The Hall–Kier alpha value is -1.61. The molecule has 0 unspecified atom stereocenters. The van der Waals surface area contributed by atoms with E-state index in [0.29, 0.717) is 38.8 Å². The zero-order valence-corrected chi connectivity index (χ0v) is 17.9. The minimum atomic E-state index is -4.71. The number of amides is 1. The van der Waals surface area contributed by atoms with Crippen LogP contribution in [0.25, 0.3) is 0 Å². The minimum Gasteiger partial charge on any atom is -0.368 e. The molecule has 3 rings (SSSR count). The summed E-state index contributed by atoms with van der Waals surface area (Å²) in [6.07, 6.45) is -0.740. The van der Waals surface area contributed by atoms with E-state index in [1.165, 1.54) is 4.90 Å². The van der Waals surface area contributed by atoms with Crippen molar-refractivity contribution in [2.24, 2.45) is 10.8 Å². The predicted octanol–water partition coefficient (Wildman–Crippen LogP) is 3.99. The highest BCUT2D eigenvalue weighted by atomic mass is 19.4. The van der Waals surface area contributed by atoms with Crippen LogP contribution in [0.2, 0.25) is 0 Å². The molecule has 30 heavy (non-hydrogen) atoms. The fourth-order valence-electron chi connectivity index (χ4n) is 4.74. The van der Waals surface area contributed by atoms with Gasteiger partial charge in [0.05, 0.1) is 17.8 Å². The zero-order valence-electron chi connectivity index (χ0n) is 17.9. The standard InChI is InChI=1S/C21H32F3N3O3/c1-4-26(13-19(2)8-5-9-19)17(28)15-12-25-27(16(15)21(22,23)24)14-6-10-20(3,11-7-14)18(29)30/h12,14,18,29-30H,4-11,13H2,1-3H3. The van der Waals surface area contributed by atoms with E-state index in [4.69, 9.17) is 0 Å². The summed E-state index contributed by atoms with van der Waals surface area (Å²) in [5.74, 6) is -0.629. The van der Waals surface area contributed by atoms with Crippen molar-refractivity contribution in [1.82, 2.24) is 14.7 Å². The van der Waals surface area contributed by atoms with Gasteiger partial charge in [-0.3, -0.25) is 9.48 Å². The lowest BCUT2D eigenvalue weighted by Gasteiger charge is -2.42. The molecule has 2 saturated carbocycles. The van der Waals surface area contributed by atoms with Gasteiger partial charge in [0.1, 0.15) is 0 Å². The van der Waals surface area contributed by atoms with Crippen LogP contribution in [0.5, 0.6) is 0 Å². The van der Waals surface area contributed by atoms with E-state index in [1.807, 2.05) is 0 Å². The van der Waals surface area contributed by atoms with Crippen molar-refractivity contribution < 1.29 is 28.2 Å². The van der Waals surface area contributed by atoms with Gasteiger partial charge in [0, 0.05) is 18.5 Å². The van der Waals surface area contributed by atoms with Crippen LogP contribution in [0.4, 0.5) is 13.2 Å². The number of nitrogens with zero attached hydrogens (tertiary/aromatic N) is 3. The Morgan fingerprint density at radius 2 is 1.87 bits per heavy atom. The molecule has 6 nitrogen and oxygen atoms in total. The monoisotopic (exact) mass is 431 g/mol. The average molecular weight is 431 g/mol. The number of alkyl halides is 3. The van der Waals surface area contributed by atoms with Gasteiger partial charge in [-0.15, -0.1) is 0 Å². The first-order chi connectivity index (χ1) is 13.9. The molecule has 2 fully saturated rings. The molecule has 0 bridgehead atoms. The first-order valence-electron chi connectivity index (χ1n) is 10.7. The first-order valence-corrected chi connectivity index (χ1v) is 10.7. The molecule has 1 aromatic rings. The second-order valence-electron chi connectivity index (χ2n) is 9.59. The highest BCUT2D eigenvalue weighted by Gasteiger charge is 2.45. The minimum absolute atomic E-state index is 0.0288. The zero-order chi connectivity index (χ0) is 22.3. The molecule has 1 heterocycles. The Balaban J connectivity index is 1.86. The third-order valence-electron chi connectivity index (χ3n) is 7.16. The molecule has 0 saturated heterocycles. The highest BCUT2D eigenvalue weighted by molar-refractivity contribution is 5.95. The Labute approximate surface area is 175 Å². The SMILES string of the molecule is CCN(CC1(C)CCC1)C(=O)c1cnn(C2CCC(C)(C(O)O)CC2)c1C(F)(F)F. The van der Waals surface area contributed by atoms with Gasteiger partial charge in [0.25, 0.3) is 5.91 Å². The summed E-state index contributed by atoms with van der Waals surface area (Å²) in [6.45, 7) is 6.35. The molecule has 0 atom stereocenters. The number of aromatic nitrogens is 2. The van der Waals surface area contributed by atoms with Gasteiger partial charge >= 0.3 is 6.18 Å². The maximum absolute atomic E-state index is 14.0. The van der Waals surface area contributed by atoms with Crippen molar-refractivity contribution >= 4 is 5.91 Å². The fourth-order valence-corrected chi connectivity index (χ4v) is 4.74. The van der Waals surface area contributed by atoms with E-state index < -0.39 is 41.1 Å². The molecular formula is C21H32F3N3O3. The molecule has 2 aliphatic carbocycles. The molecule has 9 heteroatoms. The lowest BCUT2D eigenvalue weighted by Crippen LogP contribution is -2.43. The number of hydrogen-bond acceptors (Lipinski definition) is 4. The fraction of sp³-hybridized carbons (Fsp3) is 0.810. The third-order valence-corrected chi connectivity index (χ3v) is 7.16. The quantitative estimate of drug-likeness (QED) is 0.668. The molecular weight excluding hydrogens is 399 g/mol. The number of aliphatic hydroxyl groups excluding tert-OH is 1. The first kappa shape index (κ1) is 23.1. The molecule has 0 radical (unpaired) electrons. The van der Waals surface area contributed by atoms with Gasteiger partial charge in [-0.05, 0) is 50.9 Å². The van der Waals surface area contributed by atoms with Crippen LogP contribution in [0.15, 0.2) is 6.20 Å². The van der Waals surface area contributed by atoms with Crippen LogP contribution in [0.1, 0.15) is 87.8 Å². The summed E-state index contributed by atoms with van der Waals surface area (Å²) >= 11 is 0. The van der Waals surface area contributed by atoms with Gasteiger partial charge in [0.15, 0.2) is 12.0 Å². The van der Waals surface area contributed by atoms with Crippen molar-refractivity contribution in [3.63, 3.8) is 0 Å². The van der Waals surface area contributed by atoms with Gasteiger partial charge in [0.2, 0.25) is 0 Å². The summed E-state index contributed by atoms with van der Waals surface area (Å²) in [7, 11) is 0. The van der Waals surface area contributed by atoms with Crippen LogP contribution < -0.4 is 0 Å². The van der Waals surface area contributed by atoms with E-state index >= 15 is 0 Å². The summed E-state index contributed by atoms with van der Waals surface area (Å²) in [6, 6.07) is -0.533. The highest BCUT2D eigenvalue weighted by Crippen LogP contribution is 2.45. The summed E-state index contributed by atoms with van der Waals surface area (Å²) in [5.41, 5.74) is -2.16. The predicted molar refractivity (Wildman–Crippen MR) is 105 cm³/mol.